The van der Waals surface area contributed by atoms with Gasteiger partial charge in [0, 0.05) is 38.5 Å². The van der Waals surface area contributed by atoms with Crippen LogP contribution in [0.25, 0.3) is 0 Å². The molecule has 0 saturated heterocycles. The van der Waals surface area contributed by atoms with Crippen LogP contribution in [0.3, 0.4) is 0 Å². The molecule has 1 rings (SSSR count). The van der Waals surface area contributed by atoms with Crippen LogP contribution in [-0.4, -0.2) is 24.8 Å². The Morgan fingerprint density at radius 3 is 3.00 bits per heavy atom. The van der Waals surface area contributed by atoms with E-state index in [-0.39, 0.29) is 5.56 Å². The Morgan fingerprint density at radius 2 is 2.33 bits per heavy atom. The maximum atomic E-state index is 11.8. The molecule has 1 aromatic heterocycles. The fourth-order valence-corrected chi connectivity index (χ4v) is 1.37. The Labute approximate surface area is 89.9 Å². The highest BCUT2D eigenvalue weighted by molar-refractivity contribution is 5.10. The van der Waals surface area contributed by atoms with Crippen LogP contribution in [0.15, 0.2) is 23.1 Å². The molecule has 4 nitrogen and oxygen atoms in total. The first-order valence-electron chi connectivity index (χ1n) is 5.17. The molecule has 0 atom stereocenters. The van der Waals surface area contributed by atoms with Crippen molar-refractivity contribution in [2.45, 2.75) is 20.0 Å². The Kier molecular flexibility index (Phi) is 5.07. The maximum Gasteiger partial charge on any atom is 0.255 e. The summed E-state index contributed by atoms with van der Waals surface area (Å²) in [6, 6.07) is 3.76. The molecule has 4 heteroatoms. The number of aryl methyl sites for hydroxylation is 1. The topological polar surface area (TPSA) is 43.3 Å². The molecule has 0 aliphatic carbocycles. The highest BCUT2D eigenvalue weighted by Gasteiger charge is 2.00. The van der Waals surface area contributed by atoms with Gasteiger partial charge in [-0.05, 0) is 13.0 Å². The summed E-state index contributed by atoms with van der Waals surface area (Å²) in [7, 11) is 1.66. The predicted molar refractivity (Wildman–Crippen MR) is 60.0 cm³/mol. The first-order valence-corrected chi connectivity index (χ1v) is 5.17. The van der Waals surface area contributed by atoms with Crippen molar-refractivity contribution in [3.8, 4) is 0 Å². The Bertz CT molecular complexity index is 347. The molecular weight excluding hydrogens is 192 g/mol. The van der Waals surface area contributed by atoms with E-state index >= 15 is 0 Å². The highest BCUT2D eigenvalue weighted by Crippen LogP contribution is 1.91. The minimum absolute atomic E-state index is 0.0879. The van der Waals surface area contributed by atoms with Crippen LogP contribution in [0.5, 0.6) is 0 Å². The van der Waals surface area contributed by atoms with Gasteiger partial charge >= 0.3 is 0 Å². The second-order valence-corrected chi connectivity index (χ2v) is 3.29. The number of pyridine rings is 1. The largest absolute Gasteiger partial charge is 0.383 e. The second-order valence-electron chi connectivity index (χ2n) is 3.29. The lowest BCUT2D eigenvalue weighted by Gasteiger charge is -2.06. The average molecular weight is 210 g/mol. The molecular formula is C11H18N2O2. The van der Waals surface area contributed by atoms with Crippen LogP contribution in [0, 0.1) is 0 Å². The van der Waals surface area contributed by atoms with Gasteiger partial charge in [0.2, 0.25) is 0 Å². The van der Waals surface area contributed by atoms with E-state index in [1.165, 1.54) is 0 Å². The third-order valence-electron chi connectivity index (χ3n) is 2.24. The minimum Gasteiger partial charge on any atom is -0.383 e. The second kappa shape index (κ2) is 6.37. The lowest BCUT2D eigenvalue weighted by atomic mass is 10.2. The summed E-state index contributed by atoms with van der Waals surface area (Å²) in [5, 5.41) is 3.16. The van der Waals surface area contributed by atoms with Crippen molar-refractivity contribution in [1.82, 2.24) is 9.88 Å². The van der Waals surface area contributed by atoms with Gasteiger partial charge in [-0.15, -0.1) is 0 Å². The molecule has 0 saturated carbocycles. The zero-order valence-electron chi connectivity index (χ0n) is 9.32. The minimum atomic E-state index is 0.0879. The fourth-order valence-electron chi connectivity index (χ4n) is 1.37. The summed E-state index contributed by atoms with van der Waals surface area (Å²) >= 11 is 0. The van der Waals surface area contributed by atoms with Gasteiger partial charge < -0.3 is 14.6 Å². The van der Waals surface area contributed by atoms with Gasteiger partial charge in [0.25, 0.3) is 5.56 Å². The molecule has 0 amide bonds. The molecule has 0 spiro atoms. The van der Waals surface area contributed by atoms with E-state index in [9.17, 15) is 4.79 Å². The van der Waals surface area contributed by atoms with Crippen molar-refractivity contribution in [2.75, 3.05) is 20.3 Å². The summed E-state index contributed by atoms with van der Waals surface area (Å²) in [6.07, 6.45) is 1.81. The van der Waals surface area contributed by atoms with Crippen LogP contribution in [0.1, 0.15) is 12.5 Å². The molecule has 15 heavy (non-hydrogen) atoms. The SMILES string of the molecule is CCn1cccc(CNCCOC)c1=O. The number of hydrogen-bond acceptors (Lipinski definition) is 3. The number of hydrogen-bond donors (Lipinski definition) is 1. The van der Waals surface area contributed by atoms with Gasteiger partial charge in [0.05, 0.1) is 6.61 Å². The number of ether oxygens (including phenoxy) is 1. The molecule has 1 aromatic rings. The van der Waals surface area contributed by atoms with Crippen LogP contribution in [0.4, 0.5) is 0 Å². The Balaban J connectivity index is 2.57. The summed E-state index contributed by atoms with van der Waals surface area (Å²) in [4.78, 5) is 11.8. The molecule has 0 aliphatic rings. The molecule has 0 aromatic carbocycles. The molecule has 0 fully saturated rings. The van der Waals surface area contributed by atoms with E-state index in [1.54, 1.807) is 17.9 Å². The monoisotopic (exact) mass is 210 g/mol. The van der Waals surface area contributed by atoms with E-state index in [0.717, 1.165) is 12.1 Å². The van der Waals surface area contributed by atoms with E-state index in [0.29, 0.717) is 19.7 Å². The molecule has 0 unspecified atom stereocenters. The quantitative estimate of drug-likeness (QED) is 0.699. The number of aromatic nitrogens is 1. The van der Waals surface area contributed by atoms with E-state index in [2.05, 4.69) is 5.32 Å². The average Bonchev–Trinajstić information content (AvgIpc) is 2.26. The van der Waals surface area contributed by atoms with Crippen LogP contribution in [0.2, 0.25) is 0 Å². The maximum absolute atomic E-state index is 11.8. The first-order chi connectivity index (χ1) is 7.29. The van der Waals surface area contributed by atoms with E-state index in [1.807, 2.05) is 19.1 Å². The smallest absolute Gasteiger partial charge is 0.255 e. The molecule has 0 bridgehead atoms. The van der Waals surface area contributed by atoms with Crippen molar-refractivity contribution >= 4 is 0 Å². The summed E-state index contributed by atoms with van der Waals surface area (Å²) in [5.41, 5.74) is 0.889. The standard InChI is InChI=1S/C11H18N2O2/c1-3-13-7-4-5-10(11(13)14)9-12-6-8-15-2/h4-5,7,12H,3,6,8-9H2,1-2H3. The number of nitrogens with zero attached hydrogens (tertiary/aromatic N) is 1. The van der Waals surface area contributed by atoms with Crippen LogP contribution < -0.4 is 10.9 Å². The normalized spacial score (nSPS) is 10.5. The fraction of sp³-hybridized carbons (Fsp3) is 0.545. The lowest BCUT2D eigenvalue weighted by Crippen LogP contribution is -2.27. The van der Waals surface area contributed by atoms with Crippen molar-refractivity contribution < 1.29 is 4.74 Å². The number of nitrogens with one attached hydrogen (secondary N) is 1. The highest BCUT2D eigenvalue weighted by atomic mass is 16.5. The molecule has 0 radical (unpaired) electrons. The van der Waals surface area contributed by atoms with Gasteiger partial charge in [0.1, 0.15) is 0 Å². The van der Waals surface area contributed by atoms with Crippen molar-refractivity contribution in [3.05, 3.63) is 34.2 Å². The van der Waals surface area contributed by atoms with Crippen LogP contribution in [-0.2, 0) is 17.8 Å². The van der Waals surface area contributed by atoms with Gasteiger partial charge in [-0.1, -0.05) is 6.07 Å². The number of methoxy groups -OCH3 is 1. The van der Waals surface area contributed by atoms with Gasteiger partial charge in [-0.3, -0.25) is 4.79 Å². The van der Waals surface area contributed by atoms with Crippen molar-refractivity contribution in [1.29, 1.82) is 0 Å². The Hall–Kier alpha value is -1.13. The van der Waals surface area contributed by atoms with Gasteiger partial charge in [0.15, 0.2) is 0 Å². The van der Waals surface area contributed by atoms with Crippen molar-refractivity contribution in [2.24, 2.45) is 0 Å². The van der Waals surface area contributed by atoms with Gasteiger partial charge in [-0.25, -0.2) is 0 Å². The summed E-state index contributed by atoms with van der Waals surface area (Å²) in [5.74, 6) is 0. The zero-order chi connectivity index (χ0) is 11.1. The van der Waals surface area contributed by atoms with Gasteiger partial charge in [-0.2, -0.15) is 0 Å². The van der Waals surface area contributed by atoms with E-state index in [4.69, 9.17) is 4.74 Å². The third kappa shape index (κ3) is 3.49. The molecule has 1 N–H and O–H groups in total. The van der Waals surface area contributed by atoms with E-state index < -0.39 is 0 Å². The zero-order valence-corrected chi connectivity index (χ0v) is 9.32. The molecule has 1 heterocycles. The molecule has 0 aliphatic heterocycles. The summed E-state index contributed by atoms with van der Waals surface area (Å²) in [6.45, 7) is 4.70. The van der Waals surface area contributed by atoms with Crippen LogP contribution >= 0.6 is 0 Å². The molecule has 84 valence electrons. The van der Waals surface area contributed by atoms with Crippen molar-refractivity contribution in [3.63, 3.8) is 0 Å². The predicted octanol–water partition coefficient (Wildman–Crippen LogP) is 0.604. The number of rotatable bonds is 6. The summed E-state index contributed by atoms with van der Waals surface area (Å²) < 4.78 is 6.61. The third-order valence-corrected chi connectivity index (χ3v) is 2.24. The Morgan fingerprint density at radius 1 is 1.53 bits per heavy atom. The first kappa shape index (κ1) is 11.9. The lowest BCUT2D eigenvalue weighted by molar-refractivity contribution is 0.199.